The van der Waals surface area contributed by atoms with Crippen LogP contribution in [0.15, 0.2) is 48.5 Å². The maximum atomic E-state index is 10.7. The topological polar surface area (TPSA) is 153 Å². The molecule has 138 valence electrons. The van der Waals surface area contributed by atoms with Crippen LogP contribution in [0.25, 0.3) is 0 Å². The first-order valence-corrected chi connectivity index (χ1v) is 7.72. The highest BCUT2D eigenvalue weighted by molar-refractivity contribution is 5.60. The zero-order valence-electron chi connectivity index (χ0n) is 14.2. The molecule has 11 heteroatoms. The minimum Gasteiger partial charge on any atom is -0.497 e. The van der Waals surface area contributed by atoms with Crippen LogP contribution < -0.4 is 26.6 Å². The van der Waals surface area contributed by atoms with E-state index in [-0.39, 0.29) is 23.5 Å². The summed E-state index contributed by atoms with van der Waals surface area (Å²) in [4.78, 5) is 22.8. The lowest BCUT2D eigenvalue weighted by Gasteiger charge is -2.10. The molecule has 0 atom stereocenters. The van der Waals surface area contributed by atoms with E-state index in [1.54, 1.807) is 31.4 Å². The summed E-state index contributed by atoms with van der Waals surface area (Å²) in [6.07, 6.45) is 0. The molecule has 27 heavy (non-hydrogen) atoms. The van der Waals surface area contributed by atoms with E-state index >= 15 is 0 Å². The van der Waals surface area contributed by atoms with Crippen molar-refractivity contribution in [2.75, 3.05) is 23.2 Å². The van der Waals surface area contributed by atoms with Gasteiger partial charge in [-0.05, 0) is 36.4 Å². The highest BCUT2D eigenvalue weighted by Gasteiger charge is 2.09. The van der Waals surface area contributed by atoms with Gasteiger partial charge in [0.2, 0.25) is 17.8 Å². The Labute approximate surface area is 153 Å². The van der Waals surface area contributed by atoms with Gasteiger partial charge in [0.05, 0.1) is 12.0 Å². The lowest BCUT2D eigenvalue weighted by Crippen LogP contribution is -2.13. The number of non-ortho nitro benzene ring substituents is 1. The Morgan fingerprint density at radius 2 is 1.37 bits per heavy atom. The predicted molar refractivity (Wildman–Crippen MR) is 100 cm³/mol. The van der Waals surface area contributed by atoms with Crippen LogP contribution in [0.2, 0.25) is 0 Å². The number of ether oxygens (including phenoxy) is 1. The number of nitrogens with zero attached hydrogens (tertiary/aromatic N) is 4. The number of rotatable bonds is 7. The molecule has 0 aliphatic carbocycles. The van der Waals surface area contributed by atoms with Crippen molar-refractivity contribution in [2.45, 2.75) is 0 Å². The zero-order valence-corrected chi connectivity index (χ0v) is 14.2. The number of nitrogens with one attached hydrogen (secondary N) is 3. The normalized spacial score (nSPS) is 10.1. The van der Waals surface area contributed by atoms with Gasteiger partial charge in [0, 0.05) is 23.5 Å². The molecule has 3 aromatic rings. The summed E-state index contributed by atoms with van der Waals surface area (Å²) < 4.78 is 5.12. The van der Waals surface area contributed by atoms with Crippen molar-refractivity contribution in [2.24, 2.45) is 5.84 Å². The summed E-state index contributed by atoms with van der Waals surface area (Å²) in [5, 5.41) is 16.7. The highest BCUT2D eigenvalue weighted by Crippen LogP contribution is 2.21. The van der Waals surface area contributed by atoms with Crippen LogP contribution >= 0.6 is 0 Å². The molecular weight excluding hydrogens is 352 g/mol. The third kappa shape index (κ3) is 4.55. The maximum absolute atomic E-state index is 10.7. The third-order valence-corrected chi connectivity index (χ3v) is 3.44. The first-order chi connectivity index (χ1) is 13.1. The molecular formula is C16H16N8O3. The smallest absolute Gasteiger partial charge is 0.269 e. The minimum absolute atomic E-state index is 0.0117. The molecule has 0 unspecified atom stereocenters. The van der Waals surface area contributed by atoms with Crippen molar-refractivity contribution >= 4 is 34.9 Å². The Kier molecular flexibility index (Phi) is 5.23. The maximum Gasteiger partial charge on any atom is 0.269 e. The summed E-state index contributed by atoms with van der Waals surface area (Å²) in [5.41, 5.74) is 3.67. The molecule has 1 heterocycles. The molecule has 0 aliphatic heterocycles. The molecule has 1 aromatic heterocycles. The van der Waals surface area contributed by atoms with Crippen molar-refractivity contribution in [3.63, 3.8) is 0 Å². The monoisotopic (exact) mass is 368 g/mol. The van der Waals surface area contributed by atoms with Crippen LogP contribution in [0.4, 0.5) is 34.9 Å². The Morgan fingerprint density at radius 1 is 0.889 bits per heavy atom. The van der Waals surface area contributed by atoms with Gasteiger partial charge in [-0.15, -0.1) is 0 Å². The van der Waals surface area contributed by atoms with Gasteiger partial charge in [0.15, 0.2) is 0 Å². The summed E-state index contributed by atoms with van der Waals surface area (Å²) in [5.74, 6) is 6.75. The Morgan fingerprint density at radius 3 is 1.81 bits per heavy atom. The number of nitro groups is 1. The van der Waals surface area contributed by atoms with E-state index in [4.69, 9.17) is 10.6 Å². The summed E-state index contributed by atoms with van der Waals surface area (Å²) in [7, 11) is 1.59. The van der Waals surface area contributed by atoms with Gasteiger partial charge in [-0.1, -0.05) is 0 Å². The van der Waals surface area contributed by atoms with E-state index in [2.05, 4.69) is 31.0 Å². The quantitative estimate of drug-likeness (QED) is 0.278. The molecule has 0 saturated carbocycles. The second-order valence-corrected chi connectivity index (χ2v) is 5.23. The molecule has 0 fully saturated rings. The van der Waals surface area contributed by atoms with Crippen molar-refractivity contribution in [1.82, 2.24) is 15.0 Å². The average molecular weight is 368 g/mol. The van der Waals surface area contributed by atoms with E-state index in [0.717, 1.165) is 11.4 Å². The highest BCUT2D eigenvalue weighted by atomic mass is 16.6. The lowest BCUT2D eigenvalue weighted by atomic mass is 10.3. The molecule has 3 rings (SSSR count). The van der Waals surface area contributed by atoms with Crippen molar-refractivity contribution in [3.8, 4) is 5.75 Å². The van der Waals surface area contributed by atoms with Crippen molar-refractivity contribution in [1.29, 1.82) is 0 Å². The van der Waals surface area contributed by atoms with E-state index in [0.29, 0.717) is 5.69 Å². The van der Waals surface area contributed by atoms with E-state index < -0.39 is 4.92 Å². The fourth-order valence-electron chi connectivity index (χ4n) is 2.15. The van der Waals surface area contributed by atoms with Gasteiger partial charge >= 0.3 is 0 Å². The first kappa shape index (κ1) is 17.8. The van der Waals surface area contributed by atoms with Crippen LogP contribution in [-0.4, -0.2) is 27.0 Å². The summed E-state index contributed by atoms with van der Waals surface area (Å²) in [6.45, 7) is 0. The molecule has 2 aromatic carbocycles. The molecule has 0 amide bonds. The molecule has 0 radical (unpaired) electrons. The number of hydrogen-bond acceptors (Lipinski definition) is 10. The van der Waals surface area contributed by atoms with Crippen LogP contribution in [-0.2, 0) is 0 Å². The molecule has 5 N–H and O–H groups in total. The van der Waals surface area contributed by atoms with E-state index in [9.17, 15) is 10.1 Å². The largest absolute Gasteiger partial charge is 0.497 e. The predicted octanol–water partition coefficient (Wildman–Crippen LogP) is 2.56. The van der Waals surface area contributed by atoms with Crippen molar-refractivity contribution < 1.29 is 9.66 Å². The number of benzene rings is 2. The Bertz CT molecular complexity index is 931. The number of methoxy groups -OCH3 is 1. The van der Waals surface area contributed by atoms with E-state index in [1.807, 2.05) is 12.1 Å². The second kappa shape index (κ2) is 7.93. The van der Waals surface area contributed by atoms with Crippen LogP contribution in [0, 0.1) is 10.1 Å². The minimum atomic E-state index is -0.472. The van der Waals surface area contributed by atoms with Gasteiger partial charge < -0.3 is 15.4 Å². The van der Waals surface area contributed by atoms with Gasteiger partial charge in [0.1, 0.15) is 5.75 Å². The van der Waals surface area contributed by atoms with Gasteiger partial charge in [-0.25, -0.2) is 5.84 Å². The molecule has 11 nitrogen and oxygen atoms in total. The molecule has 0 saturated heterocycles. The summed E-state index contributed by atoms with van der Waals surface area (Å²) >= 11 is 0. The first-order valence-electron chi connectivity index (χ1n) is 7.72. The van der Waals surface area contributed by atoms with Crippen LogP contribution in [0.3, 0.4) is 0 Å². The fourth-order valence-corrected chi connectivity index (χ4v) is 2.15. The van der Waals surface area contributed by atoms with Crippen LogP contribution in [0.1, 0.15) is 0 Å². The van der Waals surface area contributed by atoms with E-state index in [1.165, 1.54) is 12.1 Å². The fraction of sp³-hybridized carbons (Fsp3) is 0.0625. The number of hydrazine groups is 1. The average Bonchev–Trinajstić information content (AvgIpc) is 2.68. The van der Waals surface area contributed by atoms with Gasteiger partial charge in [0.25, 0.3) is 5.69 Å². The SMILES string of the molecule is COc1ccc(Nc2nc(NN)nc(Nc3ccc([N+](=O)[O-])cc3)n2)cc1. The van der Waals surface area contributed by atoms with Gasteiger partial charge in [-0.3, -0.25) is 15.5 Å². The number of aromatic nitrogens is 3. The second-order valence-electron chi connectivity index (χ2n) is 5.23. The number of hydrogen-bond donors (Lipinski definition) is 4. The Hall–Kier alpha value is -3.99. The lowest BCUT2D eigenvalue weighted by molar-refractivity contribution is -0.384. The molecule has 0 spiro atoms. The molecule has 0 bridgehead atoms. The standard InChI is InChI=1S/C16H16N8O3/c1-27-13-8-4-11(5-9-13)19-15-20-14(21-16(22-15)23-17)18-10-2-6-12(7-3-10)24(25)26/h2-9H,17H2,1H3,(H3,18,19,20,21,22,23). The summed E-state index contributed by atoms with van der Waals surface area (Å²) in [6, 6.07) is 13.1. The van der Waals surface area contributed by atoms with Crippen molar-refractivity contribution in [3.05, 3.63) is 58.6 Å². The number of nitrogen functional groups attached to an aromatic ring is 1. The number of anilines is 5. The van der Waals surface area contributed by atoms with Crippen LogP contribution in [0.5, 0.6) is 5.75 Å². The third-order valence-electron chi connectivity index (χ3n) is 3.44. The number of nitro benzene ring substituents is 1. The zero-order chi connectivity index (χ0) is 19.2. The number of nitrogens with two attached hydrogens (primary N) is 1. The molecule has 0 aliphatic rings. The van der Waals surface area contributed by atoms with Gasteiger partial charge in [-0.2, -0.15) is 15.0 Å². The Balaban J connectivity index is 1.80.